The van der Waals surface area contributed by atoms with Gasteiger partial charge in [-0.15, -0.1) is 0 Å². The zero-order chi connectivity index (χ0) is 41.7. The minimum absolute atomic E-state index is 0.670. The summed E-state index contributed by atoms with van der Waals surface area (Å²) in [6.45, 7) is 0. The zero-order valence-corrected chi connectivity index (χ0v) is 34.1. The van der Waals surface area contributed by atoms with E-state index in [1.807, 2.05) is 48.5 Å². The number of hydrogen-bond acceptors (Lipinski definition) is 4. The number of furan rings is 1. The molecule has 9 aromatic carbocycles. The quantitative estimate of drug-likeness (QED) is 0.151. The van der Waals surface area contributed by atoms with E-state index in [2.05, 4.69) is 176 Å². The minimum Gasteiger partial charge on any atom is -0.455 e. The number of hydrogen-bond donors (Lipinski definition) is 0. The zero-order valence-electron chi connectivity index (χ0n) is 34.1. The molecule has 0 N–H and O–H groups in total. The summed E-state index contributed by atoms with van der Waals surface area (Å²) in [4.78, 5) is 16.1. The van der Waals surface area contributed by atoms with Gasteiger partial charge in [-0.2, -0.15) is 0 Å². The van der Waals surface area contributed by atoms with Gasteiger partial charge >= 0.3 is 0 Å². The molecule has 0 saturated heterocycles. The van der Waals surface area contributed by atoms with Gasteiger partial charge in [0.15, 0.2) is 5.82 Å². The Morgan fingerprint density at radius 1 is 0.270 bits per heavy atom. The Kier molecular flexibility index (Phi) is 8.79. The Labute approximate surface area is 364 Å². The lowest BCUT2D eigenvalue weighted by Crippen LogP contribution is -2.01. The molecule has 0 spiro atoms. The van der Waals surface area contributed by atoms with Crippen LogP contribution in [0.15, 0.2) is 229 Å². The van der Waals surface area contributed by atoms with Crippen LogP contribution >= 0.6 is 0 Å². The largest absolute Gasteiger partial charge is 0.455 e. The molecule has 4 nitrogen and oxygen atoms in total. The van der Waals surface area contributed by atoms with Gasteiger partial charge in [-0.25, -0.2) is 15.0 Å². The van der Waals surface area contributed by atoms with Gasteiger partial charge in [-0.05, 0) is 46.0 Å². The molecule has 4 heteroatoms. The lowest BCUT2D eigenvalue weighted by atomic mass is 9.91. The first-order chi connectivity index (χ1) is 31.2. The summed E-state index contributed by atoms with van der Waals surface area (Å²) >= 11 is 0. The third kappa shape index (κ3) is 6.44. The van der Waals surface area contributed by atoms with E-state index in [9.17, 15) is 0 Å². The fraction of sp³-hybridized carbons (Fsp3) is 0. The highest BCUT2D eigenvalue weighted by Crippen LogP contribution is 2.44. The van der Waals surface area contributed by atoms with E-state index in [-0.39, 0.29) is 0 Å². The van der Waals surface area contributed by atoms with Crippen LogP contribution < -0.4 is 0 Å². The summed E-state index contributed by atoms with van der Waals surface area (Å²) in [7, 11) is 0. The molecule has 3 heterocycles. The van der Waals surface area contributed by atoms with Crippen LogP contribution in [0.2, 0.25) is 0 Å². The van der Waals surface area contributed by atoms with E-state index in [4.69, 9.17) is 19.4 Å². The average molecular weight is 804 g/mol. The standard InChI is InChI=1S/C59H37N3O/c1-4-14-38(15-5-1)40-24-30-44(31-25-40)56-53(57(62-59(61-56)46-18-8-3-9-19-46)45-32-26-41(27-33-45)39-16-6-2-7-17-39)42-28-34-43(35-29-42)55-50-37-36-48-47-20-11-13-23-52(47)63-58(48)54(50)49-21-10-12-22-51(49)60-55/h1-37H. The Morgan fingerprint density at radius 3 is 1.29 bits per heavy atom. The summed E-state index contributed by atoms with van der Waals surface area (Å²) in [6, 6.07) is 78.5. The van der Waals surface area contributed by atoms with Crippen LogP contribution in [0.5, 0.6) is 0 Å². The smallest absolute Gasteiger partial charge is 0.160 e. The van der Waals surface area contributed by atoms with Gasteiger partial charge in [0.25, 0.3) is 0 Å². The summed E-state index contributed by atoms with van der Waals surface area (Å²) < 4.78 is 6.62. The first-order valence-corrected chi connectivity index (χ1v) is 21.3. The molecule has 0 atom stereocenters. The molecule has 0 bridgehead atoms. The van der Waals surface area contributed by atoms with Crippen molar-refractivity contribution in [2.45, 2.75) is 0 Å². The molecule has 0 unspecified atom stereocenters. The normalized spacial score (nSPS) is 11.5. The SMILES string of the molecule is c1ccc(-c2ccc(-c3nc(-c4ccccc4)nc(-c4ccc(-c5ccccc5)cc4)c3-c3ccc(-c4nc5ccccc5c5c4ccc4c6ccccc6oc45)cc3)cc2)cc1. The van der Waals surface area contributed by atoms with Gasteiger partial charge in [0.05, 0.1) is 22.6 Å². The maximum atomic E-state index is 6.62. The second kappa shape index (κ2) is 15.2. The van der Waals surface area contributed by atoms with Crippen molar-refractivity contribution in [1.82, 2.24) is 15.0 Å². The highest BCUT2D eigenvalue weighted by molar-refractivity contribution is 6.24. The predicted molar refractivity (Wildman–Crippen MR) is 260 cm³/mol. The van der Waals surface area contributed by atoms with Gasteiger partial charge in [-0.3, -0.25) is 0 Å². The Bertz CT molecular complexity index is 3520. The van der Waals surface area contributed by atoms with E-state index in [0.717, 1.165) is 105 Å². The molecule has 12 aromatic rings. The Balaban J connectivity index is 1.06. The molecular formula is C59H37N3O. The molecule has 0 aliphatic heterocycles. The molecule has 294 valence electrons. The number of pyridine rings is 1. The Hall–Kier alpha value is -8.47. The van der Waals surface area contributed by atoms with Crippen LogP contribution in [0.4, 0.5) is 0 Å². The maximum absolute atomic E-state index is 6.62. The van der Waals surface area contributed by atoms with Crippen LogP contribution in [0.25, 0.3) is 122 Å². The Morgan fingerprint density at radius 2 is 0.698 bits per heavy atom. The molecule has 0 aliphatic rings. The number of para-hydroxylation sites is 2. The second-order valence-electron chi connectivity index (χ2n) is 15.9. The second-order valence-corrected chi connectivity index (χ2v) is 15.9. The molecule has 0 amide bonds. The predicted octanol–water partition coefficient (Wildman–Crippen LogP) is 15.7. The highest BCUT2D eigenvalue weighted by Gasteiger charge is 2.22. The summed E-state index contributed by atoms with van der Waals surface area (Å²) in [5.41, 5.74) is 15.9. The van der Waals surface area contributed by atoms with Crippen molar-refractivity contribution in [2.24, 2.45) is 0 Å². The van der Waals surface area contributed by atoms with Gasteiger partial charge in [-0.1, -0.05) is 206 Å². The molecule has 12 rings (SSSR count). The molecule has 63 heavy (non-hydrogen) atoms. The lowest BCUT2D eigenvalue weighted by Gasteiger charge is -2.18. The molecule has 0 saturated carbocycles. The monoisotopic (exact) mass is 803 g/mol. The summed E-state index contributed by atoms with van der Waals surface area (Å²) in [5, 5.41) is 5.39. The molecule has 0 aliphatic carbocycles. The van der Waals surface area contributed by atoms with Crippen molar-refractivity contribution < 1.29 is 4.42 Å². The van der Waals surface area contributed by atoms with Crippen molar-refractivity contribution in [3.05, 3.63) is 224 Å². The van der Waals surface area contributed by atoms with Crippen molar-refractivity contribution in [1.29, 1.82) is 0 Å². The first kappa shape index (κ1) is 36.4. The molecule has 3 aromatic heterocycles. The fourth-order valence-corrected chi connectivity index (χ4v) is 9.00. The first-order valence-electron chi connectivity index (χ1n) is 21.3. The third-order valence-corrected chi connectivity index (χ3v) is 12.1. The lowest BCUT2D eigenvalue weighted by molar-refractivity contribution is 0.673. The maximum Gasteiger partial charge on any atom is 0.160 e. The third-order valence-electron chi connectivity index (χ3n) is 12.1. The van der Waals surface area contributed by atoms with E-state index >= 15 is 0 Å². The highest BCUT2D eigenvalue weighted by atomic mass is 16.3. The molecule has 0 fully saturated rings. The number of rotatable bonds is 7. The van der Waals surface area contributed by atoms with E-state index in [0.29, 0.717) is 5.82 Å². The van der Waals surface area contributed by atoms with Gasteiger partial charge in [0.1, 0.15) is 11.2 Å². The van der Waals surface area contributed by atoms with Crippen molar-refractivity contribution in [3.63, 3.8) is 0 Å². The number of aromatic nitrogens is 3. The average Bonchev–Trinajstić information content (AvgIpc) is 3.76. The van der Waals surface area contributed by atoms with Crippen LogP contribution in [0.3, 0.4) is 0 Å². The van der Waals surface area contributed by atoms with Crippen LogP contribution in [-0.2, 0) is 0 Å². The molecule has 0 radical (unpaired) electrons. The minimum atomic E-state index is 0.670. The van der Waals surface area contributed by atoms with Crippen molar-refractivity contribution >= 4 is 43.6 Å². The van der Waals surface area contributed by atoms with E-state index < -0.39 is 0 Å². The molecular weight excluding hydrogens is 767 g/mol. The van der Waals surface area contributed by atoms with Gasteiger partial charge in [0, 0.05) is 54.7 Å². The number of benzene rings is 9. The van der Waals surface area contributed by atoms with Gasteiger partial charge in [0.2, 0.25) is 0 Å². The van der Waals surface area contributed by atoms with Crippen molar-refractivity contribution in [3.8, 4) is 78.5 Å². The summed E-state index contributed by atoms with van der Waals surface area (Å²) in [6.07, 6.45) is 0. The van der Waals surface area contributed by atoms with Crippen LogP contribution in [0.1, 0.15) is 0 Å². The number of fused-ring (bicyclic) bond motifs is 7. The summed E-state index contributed by atoms with van der Waals surface area (Å²) in [5.74, 6) is 0.670. The topological polar surface area (TPSA) is 51.8 Å². The van der Waals surface area contributed by atoms with E-state index in [1.165, 1.54) is 11.1 Å². The van der Waals surface area contributed by atoms with Gasteiger partial charge < -0.3 is 4.42 Å². The van der Waals surface area contributed by atoms with Crippen LogP contribution in [0, 0.1) is 0 Å². The van der Waals surface area contributed by atoms with Crippen LogP contribution in [-0.4, -0.2) is 15.0 Å². The fourth-order valence-electron chi connectivity index (χ4n) is 9.00. The van der Waals surface area contributed by atoms with Crippen molar-refractivity contribution in [2.75, 3.05) is 0 Å². The van der Waals surface area contributed by atoms with E-state index in [1.54, 1.807) is 0 Å². The number of nitrogens with zero attached hydrogens (tertiary/aromatic N) is 3.